The Kier molecular flexibility index (Phi) is 7.79. The average molecular weight is 500 g/mol. The molecule has 3 heterocycles. The highest BCUT2D eigenvalue weighted by Crippen LogP contribution is 2.38. The van der Waals surface area contributed by atoms with Crippen molar-refractivity contribution >= 4 is 29.9 Å². The molecule has 1 aromatic heterocycles. The van der Waals surface area contributed by atoms with Crippen LogP contribution in [-0.2, 0) is 11.3 Å². The van der Waals surface area contributed by atoms with Crippen LogP contribution in [0.1, 0.15) is 50.5 Å². The number of hydrogen-bond acceptors (Lipinski definition) is 4. The second-order valence-corrected chi connectivity index (χ2v) is 8.26. The summed E-state index contributed by atoms with van der Waals surface area (Å²) < 4.78 is 11.7. The summed E-state index contributed by atoms with van der Waals surface area (Å²) >= 11 is 0. The monoisotopic (exact) mass is 500 g/mol. The number of nitrogens with one attached hydrogen (secondary N) is 1. The molecule has 1 saturated carbocycles. The summed E-state index contributed by atoms with van der Waals surface area (Å²) in [5.74, 6) is 1.73. The lowest BCUT2D eigenvalue weighted by atomic mass is 9.87. The summed E-state index contributed by atoms with van der Waals surface area (Å²) in [6, 6.07) is 4.11. The van der Waals surface area contributed by atoms with E-state index in [2.05, 4.69) is 26.3 Å². The van der Waals surface area contributed by atoms with Crippen LogP contribution in [-0.4, -0.2) is 55.3 Å². The van der Waals surface area contributed by atoms with Crippen molar-refractivity contribution in [2.45, 2.75) is 57.6 Å². The van der Waals surface area contributed by atoms with Crippen molar-refractivity contribution < 1.29 is 9.47 Å². The van der Waals surface area contributed by atoms with E-state index < -0.39 is 0 Å². The molecule has 4 rings (SSSR count). The van der Waals surface area contributed by atoms with Gasteiger partial charge < -0.3 is 19.7 Å². The second-order valence-electron chi connectivity index (χ2n) is 8.26. The number of aliphatic imine (C=N–C) groups is 1. The Balaban J connectivity index is 0.00000225. The Morgan fingerprint density at radius 1 is 1.36 bits per heavy atom. The topological polar surface area (TPSA) is 59.0 Å². The maximum atomic E-state index is 6.10. The van der Waals surface area contributed by atoms with E-state index in [4.69, 9.17) is 9.47 Å². The predicted octanol–water partition coefficient (Wildman–Crippen LogP) is 3.60. The van der Waals surface area contributed by atoms with Crippen LogP contribution in [0.5, 0.6) is 5.88 Å². The van der Waals surface area contributed by atoms with Gasteiger partial charge >= 0.3 is 0 Å². The van der Waals surface area contributed by atoms with Crippen LogP contribution in [0.2, 0.25) is 0 Å². The first-order chi connectivity index (χ1) is 13.3. The van der Waals surface area contributed by atoms with E-state index >= 15 is 0 Å². The molecule has 1 unspecified atom stereocenters. The highest BCUT2D eigenvalue weighted by atomic mass is 127. The number of halogens is 1. The van der Waals surface area contributed by atoms with Crippen molar-refractivity contribution in [3.05, 3.63) is 23.9 Å². The molecule has 0 amide bonds. The van der Waals surface area contributed by atoms with Gasteiger partial charge in [-0.1, -0.05) is 6.42 Å². The molecule has 1 aromatic rings. The predicted molar refractivity (Wildman–Crippen MR) is 121 cm³/mol. The lowest BCUT2D eigenvalue weighted by molar-refractivity contribution is 0.148. The normalized spacial score (nSPS) is 25.8. The molecule has 1 spiro atoms. The zero-order valence-corrected chi connectivity index (χ0v) is 19.2. The van der Waals surface area contributed by atoms with Gasteiger partial charge in [-0.25, -0.2) is 4.98 Å². The van der Waals surface area contributed by atoms with Crippen molar-refractivity contribution in [3.8, 4) is 5.88 Å². The Morgan fingerprint density at radius 3 is 2.96 bits per heavy atom. The Morgan fingerprint density at radius 2 is 2.21 bits per heavy atom. The minimum absolute atomic E-state index is 0. The SMILES string of the molecule is CN=C(NCc1ccnc(OC2CCCCC2)c1)N1CCC2(CCOC2)C1.I. The van der Waals surface area contributed by atoms with Gasteiger partial charge in [0, 0.05) is 51.0 Å². The number of likely N-dealkylation sites (tertiary alicyclic amines) is 1. The van der Waals surface area contributed by atoms with Gasteiger partial charge in [-0.3, -0.25) is 4.99 Å². The molecular weight excluding hydrogens is 467 g/mol. The molecule has 0 aromatic carbocycles. The van der Waals surface area contributed by atoms with Crippen molar-refractivity contribution in [1.82, 2.24) is 15.2 Å². The summed E-state index contributed by atoms with van der Waals surface area (Å²) in [7, 11) is 1.86. The number of aromatic nitrogens is 1. The molecule has 1 aliphatic carbocycles. The van der Waals surface area contributed by atoms with Crippen LogP contribution in [0.15, 0.2) is 23.3 Å². The molecule has 1 atom stereocenters. The molecule has 156 valence electrons. The maximum Gasteiger partial charge on any atom is 0.213 e. The third kappa shape index (κ3) is 5.28. The largest absolute Gasteiger partial charge is 0.474 e. The minimum Gasteiger partial charge on any atom is -0.474 e. The number of rotatable bonds is 4. The number of pyridine rings is 1. The molecule has 2 aliphatic heterocycles. The molecule has 0 bridgehead atoms. The molecule has 28 heavy (non-hydrogen) atoms. The molecule has 3 aliphatic rings. The van der Waals surface area contributed by atoms with Crippen LogP contribution in [0, 0.1) is 5.41 Å². The molecule has 0 radical (unpaired) electrons. The minimum atomic E-state index is 0. The summed E-state index contributed by atoms with van der Waals surface area (Å²) in [5, 5.41) is 3.52. The first-order valence-corrected chi connectivity index (χ1v) is 10.4. The third-order valence-electron chi connectivity index (χ3n) is 6.22. The molecular formula is C21H33IN4O2. The van der Waals surface area contributed by atoms with Gasteiger partial charge in [-0.05, 0) is 50.2 Å². The highest BCUT2D eigenvalue weighted by Gasteiger charge is 2.42. The standard InChI is InChI=1S/C21H32N4O2.HI/c1-22-20(25-11-8-21(15-25)9-12-26-16-21)24-14-17-7-10-23-19(13-17)27-18-5-3-2-4-6-18;/h7,10,13,18H,2-6,8-9,11-12,14-16H2,1H3,(H,22,24);1H. The van der Waals surface area contributed by atoms with E-state index in [0.29, 0.717) is 11.5 Å². The number of nitrogens with zero attached hydrogens (tertiary/aromatic N) is 3. The molecule has 1 N–H and O–H groups in total. The molecule has 6 nitrogen and oxygen atoms in total. The fourth-order valence-corrected chi connectivity index (χ4v) is 4.58. The summed E-state index contributed by atoms with van der Waals surface area (Å²) in [5.41, 5.74) is 1.52. The fraction of sp³-hybridized carbons (Fsp3) is 0.714. The Bertz CT molecular complexity index is 658. The molecule has 7 heteroatoms. The van der Waals surface area contributed by atoms with Crippen LogP contribution >= 0.6 is 24.0 Å². The van der Waals surface area contributed by atoms with Crippen LogP contribution in [0.25, 0.3) is 0 Å². The van der Waals surface area contributed by atoms with Crippen molar-refractivity contribution in [2.24, 2.45) is 10.4 Å². The second kappa shape index (κ2) is 10.1. The maximum absolute atomic E-state index is 6.10. The van der Waals surface area contributed by atoms with Crippen molar-refractivity contribution in [1.29, 1.82) is 0 Å². The van der Waals surface area contributed by atoms with Crippen LogP contribution < -0.4 is 10.1 Å². The Labute approximate surface area is 185 Å². The van der Waals surface area contributed by atoms with Gasteiger partial charge in [-0.2, -0.15) is 0 Å². The van der Waals surface area contributed by atoms with Gasteiger partial charge in [-0.15, -0.1) is 24.0 Å². The van der Waals surface area contributed by atoms with Gasteiger partial charge in [0.1, 0.15) is 6.10 Å². The highest BCUT2D eigenvalue weighted by molar-refractivity contribution is 14.0. The summed E-state index contributed by atoms with van der Waals surface area (Å²) in [6.45, 7) is 4.62. The van der Waals surface area contributed by atoms with Crippen LogP contribution in [0.3, 0.4) is 0 Å². The number of ether oxygens (including phenoxy) is 2. The summed E-state index contributed by atoms with van der Waals surface area (Å²) in [4.78, 5) is 11.3. The van der Waals surface area contributed by atoms with Crippen molar-refractivity contribution in [3.63, 3.8) is 0 Å². The fourth-order valence-electron chi connectivity index (χ4n) is 4.58. The van der Waals surface area contributed by atoms with Gasteiger partial charge in [0.15, 0.2) is 5.96 Å². The number of hydrogen-bond donors (Lipinski definition) is 1. The van der Waals surface area contributed by atoms with Gasteiger partial charge in [0.2, 0.25) is 5.88 Å². The van der Waals surface area contributed by atoms with E-state index in [9.17, 15) is 0 Å². The zero-order valence-electron chi connectivity index (χ0n) is 16.9. The first kappa shape index (κ1) is 21.6. The van der Waals surface area contributed by atoms with E-state index in [1.807, 2.05) is 19.3 Å². The number of guanidine groups is 1. The lowest BCUT2D eigenvalue weighted by Crippen LogP contribution is -2.41. The first-order valence-electron chi connectivity index (χ1n) is 10.4. The smallest absolute Gasteiger partial charge is 0.213 e. The quantitative estimate of drug-likeness (QED) is 0.389. The average Bonchev–Trinajstić information content (AvgIpc) is 3.34. The Hall–Kier alpha value is -1.09. The van der Waals surface area contributed by atoms with E-state index in [1.54, 1.807) is 0 Å². The summed E-state index contributed by atoms with van der Waals surface area (Å²) in [6.07, 6.45) is 10.7. The van der Waals surface area contributed by atoms with E-state index in [-0.39, 0.29) is 24.0 Å². The van der Waals surface area contributed by atoms with Gasteiger partial charge in [0.25, 0.3) is 0 Å². The van der Waals surface area contributed by atoms with Gasteiger partial charge in [0.05, 0.1) is 6.61 Å². The van der Waals surface area contributed by atoms with Crippen molar-refractivity contribution in [2.75, 3.05) is 33.4 Å². The van der Waals surface area contributed by atoms with E-state index in [1.165, 1.54) is 37.7 Å². The van der Waals surface area contributed by atoms with Crippen LogP contribution in [0.4, 0.5) is 0 Å². The molecule has 2 saturated heterocycles. The molecule has 3 fully saturated rings. The third-order valence-corrected chi connectivity index (χ3v) is 6.22. The van der Waals surface area contributed by atoms with E-state index in [0.717, 1.165) is 57.5 Å². The lowest BCUT2D eigenvalue weighted by Gasteiger charge is -2.25. The zero-order chi connectivity index (χ0) is 18.5.